The summed E-state index contributed by atoms with van der Waals surface area (Å²) in [6.45, 7) is 3.04. The first-order valence-corrected chi connectivity index (χ1v) is 9.54. The van der Waals surface area contributed by atoms with Crippen molar-refractivity contribution in [2.75, 3.05) is 13.7 Å². The molecule has 128 valence electrons. The second-order valence-corrected chi connectivity index (χ2v) is 7.43. The summed E-state index contributed by atoms with van der Waals surface area (Å²) in [4.78, 5) is 0. The third-order valence-corrected chi connectivity index (χ3v) is 5.89. The van der Waals surface area contributed by atoms with E-state index in [0.29, 0.717) is 0 Å². The summed E-state index contributed by atoms with van der Waals surface area (Å²) >= 11 is 0. The van der Waals surface area contributed by atoms with Crippen LogP contribution in [0.1, 0.15) is 81.4 Å². The van der Waals surface area contributed by atoms with E-state index in [1.165, 1.54) is 49.7 Å². The zero-order valence-electron chi connectivity index (χ0n) is 14.8. The van der Waals surface area contributed by atoms with Crippen LogP contribution in [0, 0.1) is 5.92 Å². The van der Waals surface area contributed by atoms with Crippen molar-refractivity contribution in [3.8, 4) is 0 Å². The lowest BCUT2D eigenvalue weighted by molar-refractivity contribution is -0.0725. The van der Waals surface area contributed by atoms with Crippen molar-refractivity contribution in [3.63, 3.8) is 0 Å². The van der Waals surface area contributed by atoms with Gasteiger partial charge in [-0.2, -0.15) is 0 Å². The van der Waals surface area contributed by atoms with E-state index in [2.05, 4.69) is 31.2 Å². The molecule has 1 saturated carbocycles. The van der Waals surface area contributed by atoms with Crippen LogP contribution in [0.25, 0.3) is 0 Å². The Morgan fingerprint density at radius 1 is 0.957 bits per heavy atom. The lowest BCUT2D eigenvalue weighted by atomic mass is 9.77. The Bertz CT molecular complexity index is 451. The SMILES string of the molecule is CCCC1CCC(c2ccc(C3CCC(OC)CO3)cc2)CC1. The van der Waals surface area contributed by atoms with E-state index in [4.69, 9.17) is 9.47 Å². The van der Waals surface area contributed by atoms with Crippen molar-refractivity contribution in [2.45, 2.75) is 76.4 Å². The normalized spacial score (nSPS) is 31.9. The quantitative estimate of drug-likeness (QED) is 0.701. The predicted molar refractivity (Wildman–Crippen MR) is 94.8 cm³/mol. The molecule has 0 radical (unpaired) electrons. The van der Waals surface area contributed by atoms with Crippen LogP contribution in [0.4, 0.5) is 0 Å². The van der Waals surface area contributed by atoms with E-state index in [1.54, 1.807) is 7.11 Å². The smallest absolute Gasteiger partial charge is 0.0827 e. The lowest BCUT2D eigenvalue weighted by Gasteiger charge is -2.30. The first-order chi connectivity index (χ1) is 11.3. The molecule has 2 aliphatic rings. The Balaban J connectivity index is 1.53. The van der Waals surface area contributed by atoms with Crippen LogP contribution in [-0.2, 0) is 9.47 Å². The van der Waals surface area contributed by atoms with Crippen LogP contribution in [0.2, 0.25) is 0 Å². The van der Waals surface area contributed by atoms with Gasteiger partial charge in [0.05, 0.1) is 18.8 Å². The minimum absolute atomic E-state index is 0.260. The topological polar surface area (TPSA) is 18.5 Å². The van der Waals surface area contributed by atoms with E-state index in [9.17, 15) is 0 Å². The minimum Gasteiger partial charge on any atom is -0.379 e. The van der Waals surface area contributed by atoms with Crippen LogP contribution < -0.4 is 0 Å². The fourth-order valence-electron chi connectivity index (χ4n) is 4.35. The van der Waals surface area contributed by atoms with E-state index in [-0.39, 0.29) is 12.2 Å². The van der Waals surface area contributed by atoms with Crippen molar-refractivity contribution in [3.05, 3.63) is 35.4 Å². The Kier molecular flexibility index (Phi) is 6.13. The summed E-state index contributed by atoms with van der Waals surface area (Å²) in [5.74, 6) is 1.77. The van der Waals surface area contributed by atoms with E-state index in [0.717, 1.165) is 31.3 Å². The summed E-state index contributed by atoms with van der Waals surface area (Å²) < 4.78 is 11.3. The van der Waals surface area contributed by atoms with Gasteiger partial charge in [0, 0.05) is 7.11 Å². The highest BCUT2D eigenvalue weighted by Crippen LogP contribution is 2.38. The number of rotatable bonds is 5. The monoisotopic (exact) mass is 316 g/mol. The van der Waals surface area contributed by atoms with Crippen molar-refractivity contribution >= 4 is 0 Å². The van der Waals surface area contributed by atoms with E-state index in [1.807, 2.05) is 0 Å². The summed E-state index contributed by atoms with van der Waals surface area (Å²) in [5, 5.41) is 0. The molecular formula is C21H32O2. The molecule has 2 nitrogen and oxygen atoms in total. The van der Waals surface area contributed by atoms with Crippen molar-refractivity contribution < 1.29 is 9.47 Å². The van der Waals surface area contributed by atoms with Crippen LogP contribution in [0.3, 0.4) is 0 Å². The average molecular weight is 316 g/mol. The molecule has 0 spiro atoms. The van der Waals surface area contributed by atoms with Gasteiger partial charge in [0.1, 0.15) is 0 Å². The zero-order chi connectivity index (χ0) is 16.1. The molecule has 1 aliphatic heterocycles. The molecular weight excluding hydrogens is 284 g/mol. The van der Waals surface area contributed by atoms with Crippen molar-refractivity contribution in [1.29, 1.82) is 0 Å². The van der Waals surface area contributed by atoms with E-state index < -0.39 is 0 Å². The van der Waals surface area contributed by atoms with Gasteiger partial charge in [0.2, 0.25) is 0 Å². The molecule has 1 aromatic carbocycles. The summed E-state index contributed by atoms with van der Waals surface area (Å²) in [6.07, 6.45) is 11.1. The summed E-state index contributed by atoms with van der Waals surface area (Å²) in [6, 6.07) is 9.30. The molecule has 2 unspecified atom stereocenters. The van der Waals surface area contributed by atoms with Crippen LogP contribution in [0.15, 0.2) is 24.3 Å². The maximum Gasteiger partial charge on any atom is 0.0827 e. The van der Waals surface area contributed by atoms with Gasteiger partial charge in [0.15, 0.2) is 0 Å². The largest absolute Gasteiger partial charge is 0.379 e. The van der Waals surface area contributed by atoms with Crippen molar-refractivity contribution in [2.24, 2.45) is 5.92 Å². The molecule has 1 heterocycles. The summed E-state index contributed by atoms with van der Waals surface area (Å²) in [5.41, 5.74) is 2.87. The fraction of sp³-hybridized carbons (Fsp3) is 0.714. The maximum absolute atomic E-state index is 5.97. The van der Waals surface area contributed by atoms with Gasteiger partial charge in [-0.3, -0.25) is 0 Å². The number of hydrogen-bond acceptors (Lipinski definition) is 2. The molecule has 1 aromatic rings. The highest BCUT2D eigenvalue weighted by atomic mass is 16.5. The fourth-order valence-corrected chi connectivity index (χ4v) is 4.35. The third kappa shape index (κ3) is 4.36. The van der Waals surface area contributed by atoms with Crippen LogP contribution in [-0.4, -0.2) is 19.8 Å². The highest BCUT2D eigenvalue weighted by Gasteiger charge is 2.24. The number of ether oxygens (including phenoxy) is 2. The molecule has 0 amide bonds. The summed E-state index contributed by atoms with van der Waals surface area (Å²) in [7, 11) is 1.78. The van der Waals surface area contributed by atoms with Crippen LogP contribution >= 0.6 is 0 Å². The second kappa shape index (κ2) is 8.30. The van der Waals surface area contributed by atoms with E-state index >= 15 is 0 Å². The Hall–Kier alpha value is -0.860. The molecule has 0 N–H and O–H groups in total. The molecule has 1 saturated heterocycles. The van der Waals surface area contributed by atoms with Crippen molar-refractivity contribution in [1.82, 2.24) is 0 Å². The zero-order valence-corrected chi connectivity index (χ0v) is 14.8. The first-order valence-electron chi connectivity index (χ1n) is 9.54. The highest BCUT2D eigenvalue weighted by molar-refractivity contribution is 5.27. The molecule has 0 aromatic heterocycles. The Morgan fingerprint density at radius 2 is 1.65 bits per heavy atom. The molecule has 2 atom stereocenters. The average Bonchev–Trinajstić information content (AvgIpc) is 2.63. The Labute approximate surface area is 141 Å². The van der Waals surface area contributed by atoms with Gasteiger partial charge in [-0.15, -0.1) is 0 Å². The minimum atomic E-state index is 0.260. The molecule has 2 heteroatoms. The number of methoxy groups -OCH3 is 1. The predicted octanol–water partition coefficient (Wildman–Crippen LogP) is 5.63. The van der Waals surface area contributed by atoms with Gasteiger partial charge >= 0.3 is 0 Å². The standard InChI is InChI=1S/C21H32O2/c1-3-4-16-5-7-17(8-6-16)18-9-11-19(12-10-18)21-14-13-20(22-2)15-23-21/h9-12,16-17,20-21H,3-8,13-15H2,1-2H3. The maximum atomic E-state index is 5.97. The van der Waals surface area contributed by atoms with Crippen LogP contribution in [0.5, 0.6) is 0 Å². The molecule has 23 heavy (non-hydrogen) atoms. The van der Waals surface area contributed by atoms with Gasteiger partial charge in [0.25, 0.3) is 0 Å². The molecule has 0 bridgehead atoms. The second-order valence-electron chi connectivity index (χ2n) is 7.43. The lowest BCUT2D eigenvalue weighted by Crippen LogP contribution is -2.26. The third-order valence-electron chi connectivity index (χ3n) is 5.89. The number of hydrogen-bond donors (Lipinski definition) is 0. The molecule has 2 fully saturated rings. The molecule has 3 rings (SSSR count). The first kappa shape index (κ1) is 17.0. The Morgan fingerprint density at radius 3 is 2.22 bits per heavy atom. The molecule has 1 aliphatic carbocycles. The van der Waals surface area contributed by atoms with Gasteiger partial charge < -0.3 is 9.47 Å². The number of benzene rings is 1. The van der Waals surface area contributed by atoms with Gasteiger partial charge in [-0.05, 0) is 61.5 Å². The van der Waals surface area contributed by atoms with Gasteiger partial charge in [-0.1, -0.05) is 44.0 Å². The van der Waals surface area contributed by atoms with Gasteiger partial charge in [-0.25, -0.2) is 0 Å².